The van der Waals surface area contributed by atoms with Gasteiger partial charge in [0, 0.05) is 0 Å². The normalized spacial score (nSPS) is 12.2. The Kier molecular flexibility index (Phi) is 7.71. The molecule has 6 nitrogen and oxygen atoms in total. The first-order valence-electron chi connectivity index (χ1n) is 7.49. The molecule has 0 heterocycles. The predicted molar refractivity (Wildman–Crippen MR) is 89.7 cm³/mol. The van der Waals surface area contributed by atoms with Crippen LogP contribution in [0.2, 0.25) is 0 Å². The minimum atomic E-state index is -1.08. The Morgan fingerprint density at radius 2 is 1.79 bits per heavy atom. The predicted octanol–water partition coefficient (Wildman–Crippen LogP) is 2.82. The second kappa shape index (κ2) is 9.27. The van der Waals surface area contributed by atoms with Crippen molar-refractivity contribution in [3.05, 3.63) is 35.9 Å². The summed E-state index contributed by atoms with van der Waals surface area (Å²) in [6.45, 7) is 5.17. The van der Waals surface area contributed by atoms with Crippen molar-refractivity contribution in [2.24, 2.45) is 0 Å². The molecule has 1 atom stereocenters. The quantitative estimate of drug-likeness (QED) is 0.600. The van der Waals surface area contributed by atoms with Gasteiger partial charge in [0.15, 0.2) is 5.78 Å². The number of ketones is 1. The van der Waals surface area contributed by atoms with E-state index in [-0.39, 0.29) is 18.9 Å². The molecule has 0 aliphatic carbocycles. The van der Waals surface area contributed by atoms with Crippen molar-refractivity contribution in [3.8, 4) is 0 Å². The van der Waals surface area contributed by atoms with Gasteiger partial charge in [-0.25, -0.2) is 4.79 Å². The van der Waals surface area contributed by atoms with Gasteiger partial charge in [0.05, 0.1) is 12.3 Å². The van der Waals surface area contributed by atoms with Crippen molar-refractivity contribution in [2.45, 2.75) is 45.4 Å². The molecule has 0 saturated heterocycles. The van der Waals surface area contributed by atoms with E-state index in [0.717, 1.165) is 5.56 Å². The van der Waals surface area contributed by atoms with Gasteiger partial charge in [-0.2, -0.15) is 0 Å². The van der Waals surface area contributed by atoms with Crippen molar-refractivity contribution in [2.75, 3.05) is 5.88 Å². The third kappa shape index (κ3) is 7.97. The van der Waals surface area contributed by atoms with Gasteiger partial charge in [0.25, 0.3) is 0 Å². The van der Waals surface area contributed by atoms with Crippen molar-refractivity contribution >= 4 is 29.4 Å². The molecule has 1 aromatic rings. The number of esters is 1. The van der Waals surface area contributed by atoms with Crippen LogP contribution in [0.25, 0.3) is 0 Å². The zero-order chi connectivity index (χ0) is 18.2. The van der Waals surface area contributed by atoms with Crippen LogP contribution in [-0.2, 0) is 25.7 Å². The Hall–Kier alpha value is -2.08. The fourth-order valence-corrected chi connectivity index (χ4v) is 1.94. The Balaban J connectivity index is 2.57. The molecule has 0 spiro atoms. The van der Waals surface area contributed by atoms with Gasteiger partial charge in [-0.3, -0.25) is 9.59 Å². The fraction of sp³-hybridized carbons (Fsp3) is 0.471. The van der Waals surface area contributed by atoms with Gasteiger partial charge in [0.2, 0.25) is 0 Å². The maximum Gasteiger partial charge on any atom is 0.408 e. The zero-order valence-corrected chi connectivity index (χ0v) is 14.8. The minimum Gasteiger partial charge on any atom is -0.461 e. The highest BCUT2D eigenvalue weighted by molar-refractivity contribution is 6.28. The first-order valence-corrected chi connectivity index (χ1v) is 8.02. The molecule has 1 rings (SSSR count). The summed E-state index contributed by atoms with van der Waals surface area (Å²) in [6, 6.07) is 8.05. The molecule has 1 N–H and O–H groups in total. The first kappa shape index (κ1) is 20.0. The van der Waals surface area contributed by atoms with Crippen molar-refractivity contribution in [1.29, 1.82) is 0 Å². The van der Waals surface area contributed by atoms with E-state index in [4.69, 9.17) is 21.1 Å². The van der Waals surface area contributed by atoms with E-state index in [0.29, 0.717) is 0 Å². The third-order valence-electron chi connectivity index (χ3n) is 2.82. The van der Waals surface area contributed by atoms with Crippen molar-refractivity contribution in [3.63, 3.8) is 0 Å². The van der Waals surface area contributed by atoms with Crippen LogP contribution in [-0.4, -0.2) is 35.4 Å². The zero-order valence-electron chi connectivity index (χ0n) is 14.0. The molecule has 132 valence electrons. The van der Waals surface area contributed by atoms with Crippen LogP contribution < -0.4 is 5.32 Å². The maximum absolute atomic E-state index is 11.9. The number of alkyl carbamates (subject to hydrolysis) is 1. The molecular formula is C17H22ClNO5. The fourth-order valence-electron chi connectivity index (χ4n) is 1.75. The van der Waals surface area contributed by atoms with E-state index in [2.05, 4.69) is 5.32 Å². The number of benzene rings is 1. The van der Waals surface area contributed by atoms with Gasteiger partial charge in [-0.1, -0.05) is 30.3 Å². The lowest BCUT2D eigenvalue weighted by atomic mass is 10.1. The van der Waals surface area contributed by atoms with Crippen molar-refractivity contribution in [1.82, 2.24) is 5.32 Å². The Bertz CT molecular complexity index is 568. The monoisotopic (exact) mass is 355 g/mol. The van der Waals surface area contributed by atoms with E-state index in [1.807, 2.05) is 30.3 Å². The number of alkyl halides is 1. The molecule has 0 aliphatic rings. The summed E-state index contributed by atoms with van der Waals surface area (Å²) in [5.74, 6) is -1.43. The summed E-state index contributed by atoms with van der Waals surface area (Å²) in [5, 5.41) is 2.36. The highest BCUT2D eigenvalue weighted by Gasteiger charge is 2.26. The highest BCUT2D eigenvalue weighted by atomic mass is 35.5. The molecule has 0 radical (unpaired) electrons. The van der Waals surface area contributed by atoms with Gasteiger partial charge >= 0.3 is 12.1 Å². The number of ether oxygens (including phenoxy) is 2. The van der Waals surface area contributed by atoms with Crippen LogP contribution in [0.5, 0.6) is 0 Å². The molecule has 0 fully saturated rings. The summed E-state index contributed by atoms with van der Waals surface area (Å²) in [6.07, 6.45) is -1.10. The average Bonchev–Trinajstić information content (AvgIpc) is 2.50. The summed E-state index contributed by atoms with van der Waals surface area (Å²) >= 11 is 5.53. The summed E-state index contributed by atoms with van der Waals surface area (Å²) in [4.78, 5) is 35.5. The number of nitrogens with one attached hydrogen (secondary N) is 1. The highest BCUT2D eigenvalue weighted by Crippen LogP contribution is 2.09. The summed E-state index contributed by atoms with van der Waals surface area (Å²) in [7, 11) is 0. The molecule has 1 aromatic carbocycles. The van der Waals surface area contributed by atoms with Gasteiger partial charge in [0.1, 0.15) is 18.2 Å². The van der Waals surface area contributed by atoms with E-state index >= 15 is 0 Å². The standard InChI is InChI=1S/C17H22ClNO5/c1-17(2,3)24-16(22)19-13(14(20)10-18)9-15(21)23-11-12-7-5-4-6-8-12/h4-8,13H,9-11H2,1-3H3,(H,19,22)/t13-/m1/s1. The summed E-state index contributed by atoms with van der Waals surface area (Å²) in [5.41, 5.74) is 0.109. The third-order valence-corrected chi connectivity index (χ3v) is 3.09. The number of carbonyl (C=O) groups excluding carboxylic acids is 3. The molecule has 0 aliphatic heterocycles. The maximum atomic E-state index is 11.9. The van der Waals surface area contributed by atoms with Crippen molar-refractivity contribution < 1.29 is 23.9 Å². The number of halogens is 1. The first-order chi connectivity index (χ1) is 11.2. The second-order valence-electron chi connectivity index (χ2n) is 6.15. The smallest absolute Gasteiger partial charge is 0.408 e. The lowest BCUT2D eigenvalue weighted by molar-refractivity contribution is -0.146. The van der Waals surface area contributed by atoms with Gasteiger partial charge in [-0.05, 0) is 26.3 Å². The Morgan fingerprint density at radius 1 is 1.17 bits per heavy atom. The largest absolute Gasteiger partial charge is 0.461 e. The number of amides is 1. The number of carbonyl (C=O) groups is 3. The molecular weight excluding hydrogens is 334 g/mol. The molecule has 0 saturated carbocycles. The van der Waals surface area contributed by atoms with Crippen LogP contribution in [0.1, 0.15) is 32.8 Å². The molecule has 0 bridgehead atoms. The molecule has 24 heavy (non-hydrogen) atoms. The van der Waals surface area contributed by atoms with E-state index in [1.165, 1.54) is 0 Å². The molecule has 7 heteroatoms. The molecule has 0 unspecified atom stereocenters. The van der Waals surface area contributed by atoms with E-state index < -0.39 is 29.5 Å². The van der Waals surface area contributed by atoms with Crippen LogP contribution in [0, 0.1) is 0 Å². The number of Topliss-reactive ketones (excluding diaryl/α,β-unsaturated/α-hetero) is 1. The van der Waals surface area contributed by atoms with Crippen LogP contribution in [0.15, 0.2) is 30.3 Å². The van der Waals surface area contributed by atoms with Crippen LogP contribution in [0.4, 0.5) is 4.79 Å². The van der Waals surface area contributed by atoms with Gasteiger partial charge in [-0.15, -0.1) is 11.6 Å². The van der Waals surface area contributed by atoms with Crippen LogP contribution in [0.3, 0.4) is 0 Å². The van der Waals surface area contributed by atoms with E-state index in [9.17, 15) is 14.4 Å². The second-order valence-corrected chi connectivity index (χ2v) is 6.42. The number of hydrogen-bond donors (Lipinski definition) is 1. The number of rotatable bonds is 7. The number of hydrogen-bond acceptors (Lipinski definition) is 5. The SMILES string of the molecule is CC(C)(C)OC(=O)N[C@H](CC(=O)OCc1ccccc1)C(=O)CCl. The lowest BCUT2D eigenvalue weighted by Crippen LogP contribution is -2.45. The Labute approximate surface area is 146 Å². The van der Waals surface area contributed by atoms with E-state index in [1.54, 1.807) is 20.8 Å². The topological polar surface area (TPSA) is 81.7 Å². The average molecular weight is 356 g/mol. The molecule has 0 aromatic heterocycles. The summed E-state index contributed by atoms with van der Waals surface area (Å²) < 4.78 is 10.2. The Morgan fingerprint density at radius 3 is 2.33 bits per heavy atom. The van der Waals surface area contributed by atoms with Crippen LogP contribution >= 0.6 is 11.6 Å². The minimum absolute atomic E-state index is 0.0912. The lowest BCUT2D eigenvalue weighted by Gasteiger charge is -2.22. The van der Waals surface area contributed by atoms with Gasteiger partial charge < -0.3 is 14.8 Å². The molecule has 1 amide bonds.